The number of nitrogens with zero attached hydrogens (tertiary/aromatic N) is 4. The van der Waals surface area contributed by atoms with Crippen LogP contribution in [0.2, 0.25) is 0 Å². The second-order valence-corrected chi connectivity index (χ2v) is 18.7. The fourth-order valence-electron chi connectivity index (χ4n) is 5.10. The summed E-state index contributed by atoms with van der Waals surface area (Å²) in [5.41, 5.74) is 3.98. The summed E-state index contributed by atoms with van der Waals surface area (Å²) in [6, 6.07) is 0. The van der Waals surface area contributed by atoms with Gasteiger partial charge in [0.05, 0.1) is 33.5 Å². The molecule has 1 saturated heterocycles. The fraction of sp³-hybridized carbons (Fsp3) is 0.679. The number of amides is 2. The Kier molecular flexibility index (Phi) is 18.1. The minimum Gasteiger partial charge on any atom is -0.790 e. The summed E-state index contributed by atoms with van der Waals surface area (Å²) in [5, 5.41) is 46.1. The number of anilines is 1. The highest BCUT2D eigenvalue weighted by Gasteiger charge is 2.47. The second-order valence-electron chi connectivity index (χ2n) is 13.5. The first-order chi connectivity index (χ1) is 27.2. The summed E-state index contributed by atoms with van der Waals surface area (Å²) >= 11 is 0.800. The van der Waals surface area contributed by atoms with E-state index in [0.717, 1.165) is 42.8 Å². The Labute approximate surface area is 338 Å². The molecule has 0 saturated carbocycles. The van der Waals surface area contributed by atoms with E-state index < -0.39 is 114 Å². The van der Waals surface area contributed by atoms with Crippen LogP contribution in [-0.2, 0) is 55.5 Å². The number of carboxylic acids is 1. The minimum atomic E-state index is -5.94. The smallest absolute Gasteiger partial charge is 0.274 e. The van der Waals surface area contributed by atoms with Gasteiger partial charge in [-0.25, -0.2) is 19.3 Å². The van der Waals surface area contributed by atoms with Crippen LogP contribution in [0.1, 0.15) is 46.3 Å². The molecule has 0 aromatic carbocycles. The van der Waals surface area contributed by atoms with Gasteiger partial charge in [-0.15, -0.1) is 0 Å². The zero-order valence-electron chi connectivity index (χ0n) is 31.3. The highest BCUT2D eigenvalue weighted by atomic mass is 32.2. The van der Waals surface area contributed by atoms with E-state index in [1.54, 1.807) is 0 Å². The lowest BCUT2D eigenvalue weighted by Gasteiger charge is -2.36. The molecule has 0 bridgehead atoms. The van der Waals surface area contributed by atoms with Gasteiger partial charge in [0.2, 0.25) is 11.8 Å². The number of carbonyl (C=O) groups is 4. The van der Waals surface area contributed by atoms with Crippen LogP contribution < -0.4 is 41.0 Å². The molecule has 1 aliphatic heterocycles. The first-order valence-corrected chi connectivity index (χ1v) is 22.4. The molecule has 3 rings (SSSR count). The van der Waals surface area contributed by atoms with E-state index >= 15 is 0 Å². The summed E-state index contributed by atoms with van der Waals surface area (Å²) in [6.45, 7) is 1.16. The van der Waals surface area contributed by atoms with Gasteiger partial charge in [0.1, 0.15) is 36.3 Å². The molecular formula is C28H41N7O20P3S-5. The van der Waals surface area contributed by atoms with Crippen LogP contribution in [-0.4, -0.2) is 120 Å². The average molecular weight is 921 g/mol. The average Bonchev–Trinajstić information content (AvgIpc) is 3.67. The van der Waals surface area contributed by atoms with Crippen LogP contribution in [0.25, 0.3) is 11.2 Å². The van der Waals surface area contributed by atoms with Crippen LogP contribution >= 0.6 is 35.2 Å². The number of phosphoric acid groups is 3. The number of nitrogens with two attached hydrogens (primary N) is 1. The Morgan fingerprint density at radius 1 is 1.03 bits per heavy atom. The maximum Gasteiger partial charge on any atom is 0.274 e. The highest BCUT2D eigenvalue weighted by molar-refractivity contribution is 8.13. The molecule has 9 atom stereocenters. The molecule has 31 heteroatoms. The van der Waals surface area contributed by atoms with Crippen LogP contribution in [0.3, 0.4) is 0 Å². The molecule has 3 heterocycles. The van der Waals surface area contributed by atoms with E-state index in [2.05, 4.69) is 43.5 Å². The largest absolute Gasteiger partial charge is 0.790 e. The van der Waals surface area contributed by atoms with Gasteiger partial charge in [-0.3, -0.25) is 28.1 Å². The van der Waals surface area contributed by atoms with Crippen molar-refractivity contribution in [1.82, 2.24) is 30.2 Å². The van der Waals surface area contributed by atoms with Gasteiger partial charge in [0.25, 0.3) is 15.6 Å². The van der Waals surface area contributed by atoms with E-state index in [9.17, 15) is 72.9 Å². The number of aliphatic hydroxyl groups excluding tert-OH is 3. The van der Waals surface area contributed by atoms with Crippen molar-refractivity contribution < 1.29 is 95.5 Å². The Balaban J connectivity index is 1.45. The standard InChI is InChI=1S/C28H46N7O20P3S/c1-14(8-18(38)39)15(36)9-19(40)59-7-6-30-17(37)4-5-31-26(43)23(42)28(2,3)11-52-58(49,50)55-57(47,48)51-10-16-22(54-56(44,45)46)21(41)27(53-16)35-13-34-20-24(29)32-12-33-25(20)35/h12-16,21-23,27,36,41-42H,4-11H2,1-3H3,(H,30,37)(H,31,43)(H,38,39)(H,47,48)(H,49,50)(H2,29,32,33)(H2,44,45,46)/p-5/t14?,15?,16-,21-,22+,23+,27+/m1/s1. The van der Waals surface area contributed by atoms with Crippen molar-refractivity contribution in [3.05, 3.63) is 12.7 Å². The number of thioether (sulfide) groups is 1. The highest BCUT2D eigenvalue weighted by Crippen LogP contribution is 2.56. The number of hydrogen-bond acceptors (Lipinski definition) is 25. The number of carbonyl (C=O) groups excluding carboxylic acids is 4. The first kappa shape index (κ1) is 50.3. The molecule has 4 unspecified atom stereocenters. The number of nitrogen functional groups attached to an aromatic ring is 1. The Morgan fingerprint density at radius 2 is 1.69 bits per heavy atom. The fourth-order valence-corrected chi connectivity index (χ4v) is 8.56. The van der Waals surface area contributed by atoms with Crippen molar-refractivity contribution in [2.24, 2.45) is 11.3 Å². The maximum absolute atomic E-state index is 12.5. The van der Waals surface area contributed by atoms with Gasteiger partial charge in [-0.05, 0) is 12.3 Å². The molecule has 7 N–H and O–H groups in total. The normalized spacial score (nSPS) is 22.2. The van der Waals surface area contributed by atoms with Crippen LogP contribution in [0.4, 0.5) is 5.82 Å². The van der Waals surface area contributed by atoms with Crippen LogP contribution in [0.15, 0.2) is 12.7 Å². The monoisotopic (exact) mass is 920 g/mol. The number of rotatable bonds is 24. The molecular weight excluding hydrogens is 879 g/mol. The number of nitrogens with one attached hydrogen (secondary N) is 2. The van der Waals surface area contributed by atoms with E-state index in [-0.39, 0.29) is 48.7 Å². The Bertz CT molecular complexity index is 1950. The SMILES string of the molecule is CC(CC(=O)[O-])C(O)CC(=O)SCCNC(=O)CCNC(=O)[C@H](O)C(C)(C)COP(=O)([O-])OP(=O)([O-])OC[C@H]1O[C@H](n2cnc3c(N)ncnc32)[C@H](O)[C@H]1OP(=O)([O-])[O-]. The second kappa shape index (κ2) is 21.2. The van der Waals surface area contributed by atoms with Crippen molar-refractivity contribution in [3.8, 4) is 0 Å². The zero-order valence-corrected chi connectivity index (χ0v) is 34.8. The molecule has 2 aromatic rings. The molecule has 1 fully saturated rings. The predicted octanol–water partition coefficient (Wildman–Crippen LogP) is -5.34. The van der Waals surface area contributed by atoms with Crippen LogP contribution in [0.5, 0.6) is 0 Å². The van der Waals surface area contributed by atoms with E-state index in [1.807, 2.05) is 0 Å². The van der Waals surface area contributed by atoms with Gasteiger partial charge in [-0.1, -0.05) is 32.5 Å². The molecule has 0 aliphatic carbocycles. The van der Waals surface area contributed by atoms with Gasteiger partial charge >= 0.3 is 0 Å². The number of ether oxygens (including phenoxy) is 1. The van der Waals surface area contributed by atoms with E-state index in [4.69, 9.17) is 10.5 Å². The number of phosphoric ester groups is 3. The van der Waals surface area contributed by atoms with E-state index in [1.165, 1.54) is 6.92 Å². The summed E-state index contributed by atoms with van der Waals surface area (Å²) in [4.78, 5) is 107. The maximum atomic E-state index is 12.5. The number of aliphatic hydroxyl groups is 3. The lowest BCUT2D eigenvalue weighted by Crippen LogP contribution is -2.46. The summed E-state index contributed by atoms with van der Waals surface area (Å²) in [5.74, 6) is -3.68. The van der Waals surface area contributed by atoms with Gasteiger partial charge in [-0.2, -0.15) is 0 Å². The molecule has 2 aromatic heterocycles. The summed E-state index contributed by atoms with van der Waals surface area (Å²) in [7, 11) is -17.7. The molecule has 27 nitrogen and oxygen atoms in total. The molecule has 59 heavy (non-hydrogen) atoms. The third kappa shape index (κ3) is 15.8. The number of hydrogen-bond donors (Lipinski definition) is 6. The topological polar surface area (TPSA) is 435 Å². The van der Waals surface area contributed by atoms with Crippen molar-refractivity contribution in [2.75, 3.05) is 37.8 Å². The predicted molar refractivity (Wildman–Crippen MR) is 188 cm³/mol. The first-order valence-electron chi connectivity index (χ1n) is 17.1. The van der Waals surface area contributed by atoms with Crippen molar-refractivity contribution in [1.29, 1.82) is 0 Å². The summed E-state index contributed by atoms with van der Waals surface area (Å²) < 4.78 is 60.4. The van der Waals surface area contributed by atoms with Gasteiger partial charge in [0.15, 0.2) is 22.8 Å². The molecule has 334 valence electrons. The third-order valence-electron chi connectivity index (χ3n) is 8.26. The molecule has 0 radical (unpaired) electrons. The quantitative estimate of drug-likeness (QED) is 0.0423. The molecule has 2 amide bonds. The number of aromatic nitrogens is 4. The third-order valence-corrected chi connectivity index (χ3v) is 12.2. The van der Waals surface area contributed by atoms with Crippen LogP contribution in [0, 0.1) is 11.3 Å². The van der Waals surface area contributed by atoms with Gasteiger partial charge in [0, 0.05) is 43.1 Å². The van der Waals surface area contributed by atoms with Crippen molar-refractivity contribution in [3.63, 3.8) is 0 Å². The number of fused-ring (bicyclic) bond motifs is 1. The summed E-state index contributed by atoms with van der Waals surface area (Å²) in [6.07, 6.45) is -9.76. The number of aliphatic carboxylic acids is 1. The Morgan fingerprint density at radius 3 is 2.34 bits per heavy atom. The lowest BCUT2D eigenvalue weighted by molar-refractivity contribution is -0.347. The lowest BCUT2D eigenvalue weighted by atomic mass is 9.87. The number of imidazole rings is 1. The number of carboxylic acid groups (broad SMARTS) is 1. The van der Waals surface area contributed by atoms with E-state index in [0.29, 0.717) is 0 Å². The van der Waals surface area contributed by atoms with Crippen molar-refractivity contribution >= 4 is 75.1 Å². The Hall–Kier alpha value is -3.01. The van der Waals surface area contributed by atoms with Gasteiger partial charge < -0.3 is 84.0 Å². The molecule has 0 spiro atoms. The van der Waals surface area contributed by atoms with Crippen molar-refractivity contribution in [2.45, 2.75) is 76.8 Å². The molecule has 1 aliphatic rings. The zero-order chi connectivity index (χ0) is 44.5. The minimum absolute atomic E-state index is 0.0226.